The molecular formula is C15H22N4O. The quantitative estimate of drug-likeness (QED) is 0.879. The summed E-state index contributed by atoms with van der Waals surface area (Å²) >= 11 is 0. The molecule has 1 aromatic carbocycles. The number of ether oxygens (including phenoxy) is 1. The largest absolute Gasteiger partial charge is 0.494 e. The van der Waals surface area contributed by atoms with Gasteiger partial charge in [-0.1, -0.05) is 19.1 Å². The van der Waals surface area contributed by atoms with E-state index in [1.165, 1.54) is 0 Å². The highest BCUT2D eigenvalue weighted by Gasteiger charge is 2.17. The summed E-state index contributed by atoms with van der Waals surface area (Å²) in [4.78, 5) is 0. The topological polar surface area (TPSA) is 66.0 Å². The summed E-state index contributed by atoms with van der Waals surface area (Å²) in [6, 6.07) is 7.81. The van der Waals surface area contributed by atoms with Gasteiger partial charge >= 0.3 is 0 Å². The molecule has 1 aromatic heterocycles. The minimum atomic E-state index is -0.0543. The van der Waals surface area contributed by atoms with E-state index >= 15 is 0 Å². The zero-order valence-corrected chi connectivity index (χ0v) is 12.3. The lowest BCUT2D eigenvalue weighted by molar-refractivity contribution is 0.340. The van der Waals surface area contributed by atoms with Gasteiger partial charge in [0.25, 0.3) is 0 Å². The van der Waals surface area contributed by atoms with Gasteiger partial charge in [0.05, 0.1) is 24.0 Å². The first-order valence-electron chi connectivity index (χ1n) is 7.14. The van der Waals surface area contributed by atoms with Gasteiger partial charge in [0.2, 0.25) is 0 Å². The maximum absolute atomic E-state index is 6.09. The monoisotopic (exact) mass is 274 g/mol. The molecule has 5 heteroatoms. The molecular weight excluding hydrogens is 252 g/mol. The van der Waals surface area contributed by atoms with Crippen molar-refractivity contribution < 1.29 is 4.74 Å². The van der Waals surface area contributed by atoms with E-state index in [1.807, 2.05) is 35.9 Å². The number of hydrogen-bond donors (Lipinski definition) is 1. The predicted octanol–water partition coefficient (Wildman–Crippen LogP) is 2.64. The standard InChI is InChI=1S/C15H22N4O/c1-4-13(16)15-14(5-2)19(18-17-15)11-7-9-12(10-8-11)20-6-3/h7-10,13H,4-6,16H2,1-3H3. The fraction of sp³-hybridized carbons (Fsp3) is 0.467. The molecule has 0 radical (unpaired) electrons. The average Bonchev–Trinajstić information content (AvgIpc) is 2.91. The molecule has 2 aromatic rings. The van der Waals surface area contributed by atoms with Gasteiger partial charge in [-0.2, -0.15) is 0 Å². The molecule has 2 rings (SSSR count). The van der Waals surface area contributed by atoms with Crippen LogP contribution in [-0.2, 0) is 6.42 Å². The summed E-state index contributed by atoms with van der Waals surface area (Å²) in [5.74, 6) is 0.861. The summed E-state index contributed by atoms with van der Waals surface area (Å²) in [6.07, 6.45) is 1.71. The van der Waals surface area contributed by atoms with E-state index < -0.39 is 0 Å². The van der Waals surface area contributed by atoms with Crippen LogP contribution in [0.3, 0.4) is 0 Å². The number of nitrogens with zero attached hydrogens (tertiary/aromatic N) is 3. The Morgan fingerprint density at radius 1 is 1.20 bits per heavy atom. The van der Waals surface area contributed by atoms with E-state index in [1.54, 1.807) is 0 Å². The van der Waals surface area contributed by atoms with Crippen molar-refractivity contribution in [2.45, 2.75) is 39.7 Å². The SMILES string of the molecule is CCOc1ccc(-n2nnc(C(N)CC)c2CC)cc1. The molecule has 1 heterocycles. The highest BCUT2D eigenvalue weighted by atomic mass is 16.5. The van der Waals surface area contributed by atoms with Crippen LogP contribution in [0.5, 0.6) is 5.75 Å². The van der Waals surface area contributed by atoms with Crippen molar-refractivity contribution in [2.75, 3.05) is 6.61 Å². The second-order valence-corrected chi connectivity index (χ2v) is 4.63. The predicted molar refractivity (Wildman–Crippen MR) is 79.1 cm³/mol. The Labute approximate surface area is 119 Å². The van der Waals surface area contributed by atoms with Gasteiger partial charge in [-0.25, -0.2) is 4.68 Å². The number of benzene rings is 1. The van der Waals surface area contributed by atoms with Gasteiger partial charge in [-0.05, 0) is 44.0 Å². The number of aromatic nitrogens is 3. The third-order valence-corrected chi connectivity index (χ3v) is 3.31. The zero-order chi connectivity index (χ0) is 14.5. The highest BCUT2D eigenvalue weighted by molar-refractivity contribution is 5.38. The molecule has 0 spiro atoms. The Kier molecular flexibility index (Phi) is 4.74. The first-order chi connectivity index (χ1) is 9.71. The lowest BCUT2D eigenvalue weighted by Gasteiger charge is -2.10. The summed E-state index contributed by atoms with van der Waals surface area (Å²) in [5, 5.41) is 8.50. The molecule has 0 aliphatic carbocycles. The fourth-order valence-corrected chi connectivity index (χ4v) is 2.18. The van der Waals surface area contributed by atoms with Crippen molar-refractivity contribution in [3.63, 3.8) is 0 Å². The van der Waals surface area contributed by atoms with Crippen molar-refractivity contribution in [3.05, 3.63) is 35.7 Å². The first kappa shape index (κ1) is 14.5. The van der Waals surface area contributed by atoms with Crippen LogP contribution in [0.2, 0.25) is 0 Å². The van der Waals surface area contributed by atoms with Crippen molar-refractivity contribution in [3.8, 4) is 11.4 Å². The lowest BCUT2D eigenvalue weighted by Crippen LogP contribution is -2.12. The van der Waals surface area contributed by atoms with Crippen molar-refractivity contribution in [2.24, 2.45) is 5.73 Å². The van der Waals surface area contributed by atoms with Crippen molar-refractivity contribution >= 4 is 0 Å². The Morgan fingerprint density at radius 2 is 1.90 bits per heavy atom. The lowest BCUT2D eigenvalue weighted by atomic mass is 10.1. The van der Waals surface area contributed by atoms with E-state index in [9.17, 15) is 0 Å². The van der Waals surface area contributed by atoms with Crippen molar-refractivity contribution in [1.29, 1.82) is 0 Å². The Hall–Kier alpha value is -1.88. The molecule has 0 saturated heterocycles. The van der Waals surface area contributed by atoms with Crippen LogP contribution in [0, 0.1) is 0 Å². The maximum Gasteiger partial charge on any atom is 0.119 e. The smallest absolute Gasteiger partial charge is 0.119 e. The minimum Gasteiger partial charge on any atom is -0.494 e. The number of rotatable bonds is 6. The van der Waals surface area contributed by atoms with Gasteiger partial charge in [-0.3, -0.25) is 0 Å². The number of hydrogen-bond acceptors (Lipinski definition) is 4. The molecule has 0 saturated carbocycles. The molecule has 1 atom stereocenters. The first-order valence-corrected chi connectivity index (χ1v) is 7.14. The van der Waals surface area contributed by atoms with Gasteiger partial charge in [-0.15, -0.1) is 5.10 Å². The Balaban J connectivity index is 2.34. The summed E-state index contributed by atoms with van der Waals surface area (Å²) in [7, 11) is 0. The van der Waals surface area contributed by atoms with Crippen LogP contribution in [0.4, 0.5) is 0 Å². The Bertz CT molecular complexity index is 548. The molecule has 0 amide bonds. The summed E-state index contributed by atoms with van der Waals surface area (Å²) in [6.45, 7) is 6.78. The minimum absolute atomic E-state index is 0.0543. The zero-order valence-electron chi connectivity index (χ0n) is 12.3. The molecule has 0 bridgehead atoms. The van der Waals surface area contributed by atoms with Gasteiger partial charge in [0.1, 0.15) is 11.4 Å². The highest BCUT2D eigenvalue weighted by Crippen LogP contribution is 2.21. The van der Waals surface area contributed by atoms with E-state index in [-0.39, 0.29) is 6.04 Å². The van der Waals surface area contributed by atoms with Gasteiger partial charge in [0, 0.05) is 0 Å². The van der Waals surface area contributed by atoms with Crippen LogP contribution in [0.15, 0.2) is 24.3 Å². The molecule has 2 N–H and O–H groups in total. The molecule has 0 aliphatic heterocycles. The van der Waals surface area contributed by atoms with E-state index in [0.717, 1.165) is 35.7 Å². The van der Waals surface area contributed by atoms with E-state index in [4.69, 9.17) is 10.5 Å². The van der Waals surface area contributed by atoms with Gasteiger partial charge < -0.3 is 10.5 Å². The van der Waals surface area contributed by atoms with Crippen LogP contribution in [-0.4, -0.2) is 21.6 Å². The van der Waals surface area contributed by atoms with Crippen molar-refractivity contribution in [1.82, 2.24) is 15.0 Å². The normalized spacial score (nSPS) is 12.4. The maximum atomic E-state index is 6.09. The molecule has 0 aliphatic rings. The average molecular weight is 274 g/mol. The molecule has 1 unspecified atom stereocenters. The summed E-state index contributed by atoms with van der Waals surface area (Å²) in [5.41, 5.74) is 9.03. The van der Waals surface area contributed by atoms with E-state index in [2.05, 4.69) is 24.2 Å². The second-order valence-electron chi connectivity index (χ2n) is 4.63. The van der Waals surface area contributed by atoms with Gasteiger partial charge in [0.15, 0.2) is 0 Å². The molecule has 20 heavy (non-hydrogen) atoms. The fourth-order valence-electron chi connectivity index (χ4n) is 2.18. The third kappa shape index (κ3) is 2.82. The van der Waals surface area contributed by atoms with E-state index in [0.29, 0.717) is 6.61 Å². The van der Waals surface area contributed by atoms with Crippen LogP contribution >= 0.6 is 0 Å². The Morgan fingerprint density at radius 3 is 2.45 bits per heavy atom. The molecule has 108 valence electrons. The van der Waals surface area contributed by atoms with Crippen LogP contribution < -0.4 is 10.5 Å². The summed E-state index contributed by atoms with van der Waals surface area (Å²) < 4.78 is 7.31. The third-order valence-electron chi connectivity index (χ3n) is 3.31. The molecule has 5 nitrogen and oxygen atoms in total. The molecule has 0 fully saturated rings. The second kappa shape index (κ2) is 6.52. The number of nitrogens with two attached hydrogens (primary N) is 1. The van der Waals surface area contributed by atoms with Crippen LogP contribution in [0.1, 0.15) is 44.6 Å². The van der Waals surface area contributed by atoms with Crippen LogP contribution in [0.25, 0.3) is 5.69 Å².